The molecule has 0 fully saturated rings. The van der Waals surface area contributed by atoms with E-state index in [0.717, 1.165) is 0 Å². The maximum atomic E-state index is 11.5. The molecule has 0 aliphatic carbocycles. The van der Waals surface area contributed by atoms with Crippen molar-refractivity contribution in [1.29, 1.82) is 0 Å². The summed E-state index contributed by atoms with van der Waals surface area (Å²) in [7, 11) is 1.57. The molecule has 94 valence electrons. The van der Waals surface area contributed by atoms with Crippen LogP contribution in [0.5, 0.6) is 5.75 Å². The molecule has 1 N–H and O–H groups in total. The van der Waals surface area contributed by atoms with Crippen molar-refractivity contribution in [3.63, 3.8) is 0 Å². The number of hydrogen-bond acceptors (Lipinski definition) is 5. The maximum Gasteiger partial charge on any atom is 0.375 e. The van der Waals surface area contributed by atoms with Gasteiger partial charge in [-0.15, -0.1) is 0 Å². The summed E-state index contributed by atoms with van der Waals surface area (Å²) >= 11 is 0. The van der Waals surface area contributed by atoms with E-state index in [-0.39, 0.29) is 5.82 Å². The van der Waals surface area contributed by atoms with Crippen molar-refractivity contribution in [3.05, 3.63) is 30.1 Å². The zero-order chi connectivity index (χ0) is 13.0. The first-order valence-corrected chi connectivity index (χ1v) is 5.49. The Morgan fingerprint density at radius 3 is 2.89 bits per heavy atom. The maximum absolute atomic E-state index is 11.5. The van der Waals surface area contributed by atoms with Gasteiger partial charge in [0.1, 0.15) is 5.75 Å². The molecule has 6 nitrogen and oxygen atoms in total. The van der Waals surface area contributed by atoms with E-state index in [1.165, 1.54) is 0 Å². The standard InChI is InChI=1S/C12H13N3O3/c1-3-18-12(16)11-13-10(14-15-11)8-6-4-5-7-9(8)17-2/h4-7H,3H2,1-2H3,(H,13,14,15). The third-order valence-electron chi connectivity index (χ3n) is 2.30. The average Bonchev–Trinajstić information content (AvgIpc) is 2.88. The minimum atomic E-state index is -0.522. The number of nitrogens with one attached hydrogen (secondary N) is 1. The summed E-state index contributed by atoms with van der Waals surface area (Å²) in [4.78, 5) is 15.5. The number of carbonyl (C=O) groups excluding carboxylic acids is 1. The van der Waals surface area contributed by atoms with Gasteiger partial charge in [-0.1, -0.05) is 12.1 Å². The molecule has 1 heterocycles. The summed E-state index contributed by atoms with van der Waals surface area (Å²) < 4.78 is 10.0. The molecule has 2 aromatic rings. The van der Waals surface area contributed by atoms with Crippen LogP contribution in [0.4, 0.5) is 0 Å². The summed E-state index contributed by atoms with van der Waals surface area (Å²) in [6, 6.07) is 7.31. The fourth-order valence-electron chi connectivity index (χ4n) is 1.50. The Morgan fingerprint density at radius 1 is 1.39 bits per heavy atom. The van der Waals surface area contributed by atoms with Crippen molar-refractivity contribution in [2.24, 2.45) is 0 Å². The molecule has 18 heavy (non-hydrogen) atoms. The van der Waals surface area contributed by atoms with Crippen molar-refractivity contribution < 1.29 is 14.3 Å². The fraction of sp³-hybridized carbons (Fsp3) is 0.250. The zero-order valence-corrected chi connectivity index (χ0v) is 10.1. The van der Waals surface area contributed by atoms with E-state index in [9.17, 15) is 4.79 Å². The number of aromatic nitrogens is 3. The molecule has 0 spiro atoms. The second-order valence-electron chi connectivity index (χ2n) is 3.43. The number of aromatic amines is 1. The molecule has 0 saturated heterocycles. The predicted molar refractivity (Wildman–Crippen MR) is 64.3 cm³/mol. The van der Waals surface area contributed by atoms with E-state index < -0.39 is 5.97 Å². The Kier molecular flexibility index (Phi) is 3.57. The first-order valence-electron chi connectivity index (χ1n) is 5.49. The van der Waals surface area contributed by atoms with Crippen molar-refractivity contribution >= 4 is 5.97 Å². The van der Waals surface area contributed by atoms with Crippen LogP contribution in [0.2, 0.25) is 0 Å². The van der Waals surface area contributed by atoms with Gasteiger partial charge in [0.05, 0.1) is 19.3 Å². The van der Waals surface area contributed by atoms with E-state index in [0.29, 0.717) is 23.7 Å². The molecule has 0 saturated carbocycles. The number of nitrogens with zero attached hydrogens (tertiary/aromatic N) is 2. The van der Waals surface area contributed by atoms with E-state index in [2.05, 4.69) is 15.2 Å². The van der Waals surface area contributed by atoms with Crippen molar-refractivity contribution in [2.75, 3.05) is 13.7 Å². The number of para-hydroxylation sites is 1. The number of rotatable bonds is 4. The summed E-state index contributed by atoms with van der Waals surface area (Å²) in [6.45, 7) is 2.03. The van der Waals surface area contributed by atoms with Gasteiger partial charge < -0.3 is 9.47 Å². The summed E-state index contributed by atoms with van der Waals surface area (Å²) in [6.07, 6.45) is 0. The van der Waals surface area contributed by atoms with Gasteiger partial charge in [0, 0.05) is 0 Å². The molecule has 0 amide bonds. The fourth-order valence-corrected chi connectivity index (χ4v) is 1.50. The molecular weight excluding hydrogens is 234 g/mol. The highest BCUT2D eigenvalue weighted by Gasteiger charge is 2.15. The van der Waals surface area contributed by atoms with Gasteiger partial charge in [0.15, 0.2) is 5.82 Å². The predicted octanol–water partition coefficient (Wildman–Crippen LogP) is 1.66. The van der Waals surface area contributed by atoms with E-state index in [4.69, 9.17) is 9.47 Å². The highest BCUT2D eigenvalue weighted by atomic mass is 16.5. The van der Waals surface area contributed by atoms with Crippen LogP contribution in [0.1, 0.15) is 17.5 Å². The Morgan fingerprint density at radius 2 is 2.17 bits per heavy atom. The SMILES string of the molecule is CCOC(=O)c1nc(-c2ccccc2OC)n[nH]1. The normalized spacial score (nSPS) is 10.1. The van der Waals surface area contributed by atoms with Crippen LogP contribution in [-0.4, -0.2) is 34.9 Å². The molecule has 0 aliphatic heterocycles. The molecule has 1 aromatic carbocycles. The molecular formula is C12H13N3O3. The molecule has 0 unspecified atom stereocenters. The average molecular weight is 247 g/mol. The van der Waals surface area contributed by atoms with Gasteiger partial charge in [-0.3, -0.25) is 5.10 Å². The molecule has 0 bridgehead atoms. The highest BCUT2D eigenvalue weighted by molar-refractivity contribution is 5.85. The molecule has 0 aliphatic rings. The molecule has 0 radical (unpaired) electrons. The second-order valence-corrected chi connectivity index (χ2v) is 3.43. The molecule has 1 aromatic heterocycles. The Hall–Kier alpha value is -2.37. The number of esters is 1. The monoisotopic (exact) mass is 247 g/mol. The summed E-state index contributed by atoms with van der Waals surface area (Å²) in [5.74, 6) is 0.603. The van der Waals surface area contributed by atoms with E-state index in [1.807, 2.05) is 18.2 Å². The van der Waals surface area contributed by atoms with Crippen LogP contribution in [0.25, 0.3) is 11.4 Å². The number of hydrogen-bond donors (Lipinski definition) is 1. The third-order valence-corrected chi connectivity index (χ3v) is 2.30. The van der Waals surface area contributed by atoms with Crippen molar-refractivity contribution in [3.8, 4) is 17.1 Å². The van der Waals surface area contributed by atoms with Gasteiger partial charge in [0.2, 0.25) is 5.82 Å². The van der Waals surface area contributed by atoms with E-state index in [1.54, 1.807) is 20.1 Å². The first-order chi connectivity index (χ1) is 8.76. The third kappa shape index (κ3) is 2.32. The number of benzene rings is 1. The summed E-state index contributed by atoms with van der Waals surface area (Å²) in [5.41, 5.74) is 0.715. The number of H-pyrrole nitrogens is 1. The van der Waals surface area contributed by atoms with E-state index >= 15 is 0 Å². The molecule has 6 heteroatoms. The zero-order valence-electron chi connectivity index (χ0n) is 10.1. The minimum absolute atomic E-state index is 0.0813. The van der Waals surface area contributed by atoms with Gasteiger partial charge in [-0.25, -0.2) is 9.78 Å². The van der Waals surface area contributed by atoms with Crippen LogP contribution in [0.15, 0.2) is 24.3 Å². The quantitative estimate of drug-likeness (QED) is 0.831. The van der Waals surface area contributed by atoms with Crippen LogP contribution in [-0.2, 0) is 4.74 Å². The Labute approximate surface area is 104 Å². The van der Waals surface area contributed by atoms with Crippen LogP contribution >= 0.6 is 0 Å². The van der Waals surface area contributed by atoms with Gasteiger partial charge >= 0.3 is 5.97 Å². The lowest BCUT2D eigenvalue weighted by Crippen LogP contribution is -2.06. The van der Waals surface area contributed by atoms with Crippen LogP contribution in [0.3, 0.4) is 0 Å². The second kappa shape index (κ2) is 5.31. The lowest BCUT2D eigenvalue weighted by Gasteiger charge is -2.03. The summed E-state index contributed by atoms with van der Waals surface area (Å²) in [5, 5.41) is 6.53. The molecule has 2 rings (SSSR count). The van der Waals surface area contributed by atoms with Gasteiger partial charge in [0.25, 0.3) is 0 Å². The lowest BCUT2D eigenvalue weighted by molar-refractivity contribution is 0.0512. The minimum Gasteiger partial charge on any atom is -0.496 e. The number of carbonyl (C=O) groups is 1. The first kappa shape index (κ1) is 12.1. The Balaban J connectivity index is 2.32. The van der Waals surface area contributed by atoms with Gasteiger partial charge in [-0.2, -0.15) is 5.10 Å². The number of methoxy groups -OCH3 is 1. The lowest BCUT2D eigenvalue weighted by atomic mass is 10.2. The topological polar surface area (TPSA) is 77.1 Å². The smallest absolute Gasteiger partial charge is 0.375 e. The van der Waals surface area contributed by atoms with Crippen molar-refractivity contribution in [1.82, 2.24) is 15.2 Å². The number of ether oxygens (including phenoxy) is 2. The molecule has 0 atom stereocenters. The van der Waals surface area contributed by atoms with Crippen molar-refractivity contribution in [2.45, 2.75) is 6.92 Å². The largest absolute Gasteiger partial charge is 0.496 e. The van der Waals surface area contributed by atoms with Crippen LogP contribution in [0, 0.1) is 0 Å². The van der Waals surface area contributed by atoms with Crippen LogP contribution < -0.4 is 4.74 Å². The Bertz CT molecular complexity index is 551. The van der Waals surface area contributed by atoms with Gasteiger partial charge in [-0.05, 0) is 19.1 Å². The highest BCUT2D eigenvalue weighted by Crippen LogP contribution is 2.26.